The van der Waals surface area contributed by atoms with E-state index in [1.165, 1.54) is 24.5 Å². The van der Waals surface area contributed by atoms with E-state index in [4.69, 9.17) is 4.74 Å². The summed E-state index contributed by atoms with van der Waals surface area (Å²) < 4.78 is 23.2. The number of ether oxygens (including phenoxy) is 1. The van der Waals surface area contributed by atoms with Gasteiger partial charge in [0.2, 0.25) is 0 Å². The summed E-state index contributed by atoms with van der Waals surface area (Å²) >= 11 is 0. The fourth-order valence-corrected chi connectivity index (χ4v) is 2.75. The molecular weight excluding hydrogens is 343 g/mol. The van der Waals surface area contributed by atoms with Gasteiger partial charge in [0.1, 0.15) is 12.1 Å². The molecular formula is C17H19FN4O4. The topological polar surface area (TPSA) is 96.7 Å². The van der Waals surface area contributed by atoms with Crippen molar-refractivity contribution in [2.45, 2.75) is 6.04 Å². The Morgan fingerprint density at radius 2 is 1.88 bits per heavy atom. The van der Waals surface area contributed by atoms with Gasteiger partial charge in [-0.15, -0.1) is 0 Å². The fraction of sp³-hybridized carbons (Fsp3) is 0.353. The Bertz CT molecular complexity index is 730. The third-order valence-corrected chi connectivity index (χ3v) is 4.08. The smallest absolute Gasteiger partial charge is 0.314 e. The van der Waals surface area contributed by atoms with E-state index < -0.39 is 11.8 Å². The molecule has 26 heavy (non-hydrogen) atoms. The van der Waals surface area contributed by atoms with Crippen LogP contribution < -0.4 is 10.6 Å². The van der Waals surface area contributed by atoms with Gasteiger partial charge in [-0.05, 0) is 17.7 Å². The molecule has 0 bridgehead atoms. The lowest BCUT2D eigenvalue weighted by Crippen LogP contribution is -2.45. The summed E-state index contributed by atoms with van der Waals surface area (Å²) in [5.41, 5.74) is 0.852. The quantitative estimate of drug-likeness (QED) is 0.769. The van der Waals surface area contributed by atoms with Gasteiger partial charge in [0.25, 0.3) is 0 Å². The Kier molecular flexibility index (Phi) is 5.92. The minimum absolute atomic E-state index is 0.161. The molecule has 1 saturated heterocycles. The van der Waals surface area contributed by atoms with Crippen LogP contribution in [0.3, 0.4) is 0 Å². The number of amides is 2. The molecule has 3 rings (SSSR count). The van der Waals surface area contributed by atoms with Gasteiger partial charge in [0.15, 0.2) is 5.82 Å². The summed E-state index contributed by atoms with van der Waals surface area (Å²) in [6.45, 7) is 2.74. The lowest BCUT2D eigenvalue weighted by molar-refractivity contribution is -0.136. The SMILES string of the molecule is O=C(NC[C@H](c1ccc(F)cc1)N1CCOCC1)C(=O)Nc1ccon1. The number of nitrogens with zero attached hydrogens (tertiary/aromatic N) is 2. The second-order valence-electron chi connectivity index (χ2n) is 5.76. The largest absolute Gasteiger partial charge is 0.379 e. The van der Waals surface area contributed by atoms with E-state index in [-0.39, 0.29) is 24.2 Å². The number of carbonyl (C=O) groups excluding carboxylic acids is 2. The highest BCUT2D eigenvalue weighted by Crippen LogP contribution is 2.21. The number of anilines is 1. The number of morpholine rings is 1. The zero-order valence-corrected chi connectivity index (χ0v) is 14.0. The van der Waals surface area contributed by atoms with E-state index in [0.717, 1.165) is 5.56 Å². The summed E-state index contributed by atoms with van der Waals surface area (Å²) in [6.07, 6.45) is 1.29. The van der Waals surface area contributed by atoms with Crippen LogP contribution >= 0.6 is 0 Å². The molecule has 2 aromatic rings. The Balaban J connectivity index is 1.64. The van der Waals surface area contributed by atoms with E-state index in [2.05, 4.69) is 25.2 Å². The summed E-state index contributed by atoms with van der Waals surface area (Å²) in [7, 11) is 0. The van der Waals surface area contributed by atoms with Gasteiger partial charge >= 0.3 is 11.8 Å². The first-order valence-corrected chi connectivity index (χ1v) is 8.20. The van der Waals surface area contributed by atoms with Crippen LogP contribution in [0.4, 0.5) is 10.2 Å². The predicted molar refractivity (Wildman–Crippen MR) is 89.7 cm³/mol. The van der Waals surface area contributed by atoms with Crippen LogP contribution in [-0.4, -0.2) is 54.7 Å². The van der Waals surface area contributed by atoms with E-state index in [0.29, 0.717) is 26.3 Å². The van der Waals surface area contributed by atoms with Gasteiger partial charge in [-0.1, -0.05) is 17.3 Å². The van der Waals surface area contributed by atoms with Gasteiger partial charge in [-0.3, -0.25) is 19.8 Å². The standard InChI is InChI=1S/C17H19FN4O4/c18-13-3-1-12(2-4-13)14(22-6-9-25-10-7-22)11-19-16(23)17(24)20-15-5-8-26-21-15/h1-5,8,14H,6-7,9-11H2,(H,19,23)(H,20,21,24)/t14-/m1/s1. The minimum atomic E-state index is -0.835. The monoisotopic (exact) mass is 362 g/mol. The molecule has 2 heterocycles. The van der Waals surface area contributed by atoms with Crippen LogP contribution in [0.2, 0.25) is 0 Å². The second-order valence-corrected chi connectivity index (χ2v) is 5.76. The number of hydrogen-bond donors (Lipinski definition) is 2. The lowest BCUT2D eigenvalue weighted by Gasteiger charge is -2.34. The van der Waals surface area contributed by atoms with Crippen molar-refractivity contribution >= 4 is 17.6 Å². The van der Waals surface area contributed by atoms with E-state index in [1.54, 1.807) is 12.1 Å². The molecule has 1 fully saturated rings. The maximum atomic E-state index is 13.2. The first-order valence-electron chi connectivity index (χ1n) is 8.20. The van der Waals surface area contributed by atoms with Crippen LogP contribution in [0.25, 0.3) is 0 Å². The Hall–Kier alpha value is -2.78. The third kappa shape index (κ3) is 4.64. The molecule has 0 unspecified atom stereocenters. The highest BCUT2D eigenvalue weighted by molar-refractivity contribution is 6.39. The average Bonchev–Trinajstić information content (AvgIpc) is 3.17. The van der Waals surface area contributed by atoms with Crippen molar-refractivity contribution < 1.29 is 23.2 Å². The maximum absolute atomic E-state index is 13.2. The molecule has 138 valence electrons. The zero-order valence-electron chi connectivity index (χ0n) is 14.0. The third-order valence-electron chi connectivity index (χ3n) is 4.08. The number of aromatic nitrogens is 1. The van der Waals surface area contributed by atoms with Crippen LogP contribution in [0.5, 0.6) is 0 Å². The average molecular weight is 362 g/mol. The number of hydrogen-bond acceptors (Lipinski definition) is 6. The zero-order chi connectivity index (χ0) is 18.4. The lowest BCUT2D eigenvalue weighted by atomic mass is 10.0. The Morgan fingerprint density at radius 1 is 1.15 bits per heavy atom. The van der Waals surface area contributed by atoms with Gasteiger partial charge in [0.05, 0.1) is 19.3 Å². The predicted octanol–water partition coefficient (Wildman–Crippen LogP) is 0.942. The number of nitrogens with one attached hydrogen (secondary N) is 2. The molecule has 0 aliphatic carbocycles. The molecule has 1 aromatic carbocycles. The van der Waals surface area contributed by atoms with Gasteiger partial charge in [-0.25, -0.2) is 4.39 Å². The summed E-state index contributed by atoms with van der Waals surface area (Å²) in [4.78, 5) is 26.1. The maximum Gasteiger partial charge on any atom is 0.314 e. The van der Waals surface area contributed by atoms with Crippen LogP contribution in [0, 0.1) is 5.82 Å². The highest BCUT2D eigenvalue weighted by atomic mass is 19.1. The summed E-state index contributed by atoms with van der Waals surface area (Å²) in [5, 5.41) is 8.47. The van der Waals surface area contributed by atoms with Crippen molar-refractivity contribution in [3.8, 4) is 0 Å². The normalized spacial score (nSPS) is 16.0. The molecule has 1 atom stereocenters. The van der Waals surface area contributed by atoms with Gasteiger partial charge in [-0.2, -0.15) is 0 Å². The van der Waals surface area contributed by atoms with Crippen LogP contribution in [0.1, 0.15) is 11.6 Å². The first kappa shape index (κ1) is 18.0. The summed E-state index contributed by atoms with van der Waals surface area (Å²) in [5.74, 6) is -1.79. The second kappa shape index (κ2) is 8.54. The Morgan fingerprint density at radius 3 is 2.54 bits per heavy atom. The van der Waals surface area contributed by atoms with E-state index in [9.17, 15) is 14.0 Å². The number of halogens is 1. The van der Waals surface area contributed by atoms with Crippen molar-refractivity contribution in [2.75, 3.05) is 38.2 Å². The van der Waals surface area contributed by atoms with Crippen molar-refractivity contribution in [1.29, 1.82) is 0 Å². The summed E-state index contributed by atoms with van der Waals surface area (Å²) in [6, 6.07) is 7.35. The Labute approximate surface area is 149 Å². The fourth-order valence-electron chi connectivity index (χ4n) is 2.75. The van der Waals surface area contributed by atoms with Crippen molar-refractivity contribution in [3.05, 3.63) is 48.0 Å². The molecule has 2 amide bonds. The van der Waals surface area contributed by atoms with E-state index >= 15 is 0 Å². The van der Waals surface area contributed by atoms with Gasteiger partial charge < -0.3 is 14.6 Å². The number of carbonyl (C=O) groups is 2. The van der Waals surface area contributed by atoms with Crippen molar-refractivity contribution in [1.82, 2.24) is 15.4 Å². The molecule has 0 spiro atoms. The van der Waals surface area contributed by atoms with Crippen LogP contribution in [-0.2, 0) is 14.3 Å². The molecule has 1 aromatic heterocycles. The minimum Gasteiger partial charge on any atom is -0.379 e. The van der Waals surface area contributed by atoms with Crippen molar-refractivity contribution in [2.24, 2.45) is 0 Å². The first-order chi connectivity index (χ1) is 12.6. The molecule has 1 aliphatic heterocycles. The molecule has 0 saturated carbocycles. The molecule has 1 aliphatic rings. The van der Waals surface area contributed by atoms with Gasteiger partial charge in [0, 0.05) is 25.7 Å². The number of benzene rings is 1. The van der Waals surface area contributed by atoms with Crippen LogP contribution in [0.15, 0.2) is 41.1 Å². The molecule has 8 nitrogen and oxygen atoms in total. The highest BCUT2D eigenvalue weighted by Gasteiger charge is 2.24. The number of rotatable bonds is 5. The molecule has 0 radical (unpaired) electrons. The van der Waals surface area contributed by atoms with E-state index in [1.807, 2.05) is 0 Å². The van der Waals surface area contributed by atoms with Crippen molar-refractivity contribution in [3.63, 3.8) is 0 Å². The molecule has 2 N–H and O–H groups in total. The molecule has 9 heteroatoms.